The van der Waals surface area contributed by atoms with E-state index in [0.717, 1.165) is 19.1 Å². The Hall–Kier alpha value is -0.0800. The molecule has 1 heterocycles. The third kappa shape index (κ3) is 4.43. The molecule has 2 rings (SSSR count). The second-order valence-electron chi connectivity index (χ2n) is 3.75. The molecule has 0 radical (unpaired) electrons. The summed E-state index contributed by atoms with van der Waals surface area (Å²) in [6.07, 6.45) is 8.84. The van der Waals surface area contributed by atoms with E-state index in [1.807, 2.05) is 13.8 Å². The summed E-state index contributed by atoms with van der Waals surface area (Å²) in [6.45, 7) is 5.28. The third-order valence-corrected chi connectivity index (χ3v) is 3.07. The van der Waals surface area contributed by atoms with Gasteiger partial charge in [-0.05, 0) is 38.1 Å². The van der Waals surface area contributed by atoms with E-state index in [1.165, 1.54) is 45.1 Å². The molecule has 0 aromatic carbocycles. The van der Waals surface area contributed by atoms with Gasteiger partial charge in [0.25, 0.3) is 0 Å². The van der Waals surface area contributed by atoms with Gasteiger partial charge in [0.15, 0.2) is 0 Å². The van der Waals surface area contributed by atoms with Crippen LogP contribution < -0.4 is 5.32 Å². The first-order valence-electron chi connectivity index (χ1n) is 6.15. The van der Waals surface area contributed by atoms with Crippen LogP contribution >= 0.6 is 0 Å². The summed E-state index contributed by atoms with van der Waals surface area (Å²) in [4.78, 5) is 0. The molecule has 1 saturated carbocycles. The molecule has 1 aliphatic carbocycles. The molecule has 1 atom stereocenters. The number of aliphatic hydroxyl groups excluding tert-OH is 1. The molecule has 0 aromatic heterocycles. The summed E-state index contributed by atoms with van der Waals surface area (Å²) in [7, 11) is 1.00. The molecule has 0 unspecified atom stereocenters. The summed E-state index contributed by atoms with van der Waals surface area (Å²) in [5.41, 5.74) is 0. The van der Waals surface area contributed by atoms with Gasteiger partial charge in [0.1, 0.15) is 0 Å². The highest BCUT2D eigenvalue weighted by Crippen LogP contribution is 2.30. The zero-order valence-electron chi connectivity index (χ0n) is 10.1. The summed E-state index contributed by atoms with van der Waals surface area (Å²) in [5.74, 6) is 1.04. The zero-order chi connectivity index (χ0) is 10.8. The third-order valence-electron chi connectivity index (χ3n) is 3.07. The lowest BCUT2D eigenvalue weighted by atomic mass is 9.97. The lowest BCUT2D eigenvalue weighted by Gasteiger charge is -2.17. The molecule has 2 nitrogen and oxygen atoms in total. The predicted octanol–water partition coefficient (Wildman–Crippen LogP) is 2.56. The highest BCUT2D eigenvalue weighted by atomic mass is 16.2. The molecule has 2 heteroatoms. The van der Waals surface area contributed by atoms with Gasteiger partial charge in [-0.25, -0.2) is 0 Å². The molecule has 86 valence electrons. The molecule has 0 amide bonds. The van der Waals surface area contributed by atoms with Crippen molar-refractivity contribution in [3.05, 3.63) is 0 Å². The Morgan fingerprint density at radius 2 is 1.50 bits per heavy atom. The van der Waals surface area contributed by atoms with E-state index in [4.69, 9.17) is 5.11 Å². The van der Waals surface area contributed by atoms with Gasteiger partial charge >= 0.3 is 0 Å². The summed E-state index contributed by atoms with van der Waals surface area (Å²) < 4.78 is 0. The monoisotopic (exact) mass is 201 g/mol. The molecule has 0 aromatic rings. The quantitative estimate of drug-likeness (QED) is 0.683. The Morgan fingerprint density at radius 1 is 0.929 bits per heavy atom. The number of hydrogen-bond acceptors (Lipinski definition) is 2. The van der Waals surface area contributed by atoms with Crippen molar-refractivity contribution in [3.8, 4) is 0 Å². The van der Waals surface area contributed by atoms with Crippen LogP contribution in [0.1, 0.15) is 52.4 Å². The van der Waals surface area contributed by atoms with Crippen molar-refractivity contribution in [3.63, 3.8) is 0 Å². The smallest absolute Gasteiger partial charge is 0.0319 e. The fraction of sp³-hybridized carbons (Fsp3) is 1.00. The molecular weight excluding hydrogens is 174 g/mol. The van der Waals surface area contributed by atoms with Crippen molar-refractivity contribution < 1.29 is 5.11 Å². The van der Waals surface area contributed by atoms with E-state index in [2.05, 4.69) is 5.32 Å². The van der Waals surface area contributed by atoms with Crippen LogP contribution in [0, 0.1) is 5.92 Å². The SMILES string of the molecule is C1CCC([C@@H]2CCCN2)C1.CC.CO. The average molecular weight is 201 g/mol. The van der Waals surface area contributed by atoms with Gasteiger partial charge in [-0.2, -0.15) is 0 Å². The first-order chi connectivity index (χ1) is 6.97. The van der Waals surface area contributed by atoms with E-state index >= 15 is 0 Å². The normalized spacial score (nSPS) is 26.1. The van der Waals surface area contributed by atoms with Crippen molar-refractivity contribution >= 4 is 0 Å². The van der Waals surface area contributed by atoms with Crippen LogP contribution in [0.5, 0.6) is 0 Å². The van der Waals surface area contributed by atoms with Gasteiger partial charge in [0.2, 0.25) is 0 Å². The van der Waals surface area contributed by atoms with Crippen LogP contribution in [-0.4, -0.2) is 24.8 Å². The first-order valence-corrected chi connectivity index (χ1v) is 6.15. The van der Waals surface area contributed by atoms with Gasteiger partial charge in [-0.15, -0.1) is 0 Å². The van der Waals surface area contributed by atoms with Crippen LogP contribution in [-0.2, 0) is 0 Å². The van der Waals surface area contributed by atoms with Crippen LogP contribution in [0.25, 0.3) is 0 Å². The van der Waals surface area contributed by atoms with Crippen molar-refractivity contribution in [2.45, 2.75) is 58.4 Å². The van der Waals surface area contributed by atoms with Gasteiger partial charge in [0, 0.05) is 13.2 Å². The van der Waals surface area contributed by atoms with Crippen LogP contribution in [0.4, 0.5) is 0 Å². The van der Waals surface area contributed by atoms with E-state index < -0.39 is 0 Å². The number of nitrogens with one attached hydrogen (secondary N) is 1. The fourth-order valence-corrected chi connectivity index (χ4v) is 2.47. The summed E-state index contributed by atoms with van der Waals surface area (Å²) in [5, 5.41) is 10.6. The van der Waals surface area contributed by atoms with Gasteiger partial charge in [-0.3, -0.25) is 0 Å². The Bertz CT molecular complexity index is 90.9. The number of aliphatic hydroxyl groups is 1. The van der Waals surface area contributed by atoms with Gasteiger partial charge in [-0.1, -0.05) is 26.7 Å². The topological polar surface area (TPSA) is 32.3 Å². The Labute approximate surface area is 89.1 Å². The Balaban J connectivity index is 0.000000379. The van der Waals surface area contributed by atoms with Crippen molar-refractivity contribution in [2.24, 2.45) is 5.92 Å². The highest BCUT2D eigenvalue weighted by molar-refractivity contribution is 4.84. The molecule has 14 heavy (non-hydrogen) atoms. The summed E-state index contributed by atoms with van der Waals surface area (Å²) in [6, 6.07) is 0.905. The predicted molar refractivity (Wildman–Crippen MR) is 62.5 cm³/mol. The maximum absolute atomic E-state index is 7.00. The van der Waals surface area contributed by atoms with Crippen molar-refractivity contribution in [1.29, 1.82) is 0 Å². The minimum absolute atomic E-state index is 0.905. The van der Waals surface area contributed by atoms with Crippen molar-refractivity contribution in [1.82, 2.24) is 5.32 Å². The zero-order valence-corrected chi connectivity index (χ0v) is 10.1. The van der Waals surface area contributed by atoms with E-state index in [1.54, 1.807) is 0 Å². The average Bonchev–Trinajstić information content (AvgIpc) is 2.96. The Kier molecular flexibility index (Phi) is 9.42. The highest BCUT2D eigenvalue weighted by Gasteiger charge is 2.26. The van der Waals surface area contributed by atoms with Gasteiger partial charge in [0.05, 0.1) is 0 Å². The van der Waals surface area contributed by atoms with Gasteiger partial charge < -0.3 is 10.4 Å². The molecule has 0 spiro atoms. The fourth-order valence-electron chi connectivity index (χ4n) is 2.47. The van der Waals surface area contributed by atoms with E-state index in [-0.39, 0.29) is 0 Å². The second-order valence-corrected chi connectivity index (χ2v) is 3.75. The molecule has 1 aliphatic heterocycles. The standard InChI is InChI=1S/C9H17N.C2H6.CH4O/c1-2-5-8(4-1)9-6-3-7-10-9;2*1-2/h8-10H,1-7H2;1-2H3;2H,1H3/t9-;;/m0../s1. The first kappa shape index (κ1) is 13.9. The molecule has 2 aliphatic rings. The van der Waals surface area contributed by atoms with E-state index in [9.17, 15) is 0 Å². The Morgan fingerprint density at radius 3 is 1.93 bits per heavy atom. The summed E-state index contributed by atoms with van der Waals surface area (Å²) >= 11 is 0. The molecule has 1 saturated heterocycles. The molecule has 2 N–H and O–H groups in total. The number of rotatable bonds is 1. The largest absolute Gasteiger partial charge is 0.400 e. The maximum Gasteiger partial charge on any atom is 0.0319 e. The molecule has 2 fully saturated rings. The minimum Gasteiger partial charge on any atom is -0.400 e. The van der Waals surface area contributed by atoms with Crippen LogP contribution in [0.3, 0.4) is 0 Å². The van der Waals surface area contributed by atoms with E-state index in [0.29, 0.717) is 0 Å². The maximum atomic E-state index is 7.00. The molecular formula is C12H27NO. The number of hydrogen-bond donors (Lipinski definition) is 2. The van der Waals surface area contributed by atoms with Crippen LogP contribution in [0.15, 0.2) is 0 Å². The minimum atomic E-state index is 0.905. The lowest BCUT2D eigenvalue weighted by Crippen LogP contribution is -2.28. The lowest BCUT2D eigenvalue weighted by molar-refractivity contribution is 0.399. The van der Waals surface area contributed by atoms with Crippen LogP contribution in [0.2, 0.25) is 0 Å². The molecule has 0 bridgehead atoms. The second kappa shape index (κ2) is 9.47. The van der Waals surface area contributed by atoms with Crippen molar-refractivity contribution in [2.75, 3.05) is 13.7 Å².